The lowest BCUT2D eigenvalue weighted by atomic mass is 9.88. The van der Waals surface area contributed by atoms with Crippen molar-refractivity contribution in [1.82, 2.24) is 40.8 Å². The van der Waals surface area contributed by atoms with E-state index in [-0.39, 0.29) is 24.0 Å². The summed E-state index contributed by atoms with van der Waals surface area (Å²) in [5.74, 6) is 1.11. The number of fused-ring (bicyclic) bond motifs is 4. The Balaban J connectivity index is 0.000000150. The number of nitrogen functional groups attached to an aromatic ring is 2. The van der Waals surface area contributed by atoms with E-state index in [1.165, 1.54) is 33.4 Å². The molecule has 0 saturated carbocycles. The third kappa shape index (κ3) is 7.89. The number of benzene rings is 4. The van der Waals surface area contributed by atoms with Gasteiger partial charge in [-0.2, -0.15) is 20.6 Å². The fraction of sp³-hybridized carbons (Fsp3) is 0.261. The zero-order valence-electron chi connectivity index (χ0n) is 32.2. The van der Waals surface area contributed by atoms with Crippen LogP contribution in [-0.2, 0) is 22.3 Å². The van der Waals surface area contributed by atoms with Crippen LogP contribution in [0.5, 0.6) is 0 Å². The number of aromatic amines is 2. The Hall–Kier alpha value is -6.50. The number of nitrogens with two attached hydrogens (primary N) is 2. The predicted molar refractivity (Wildman–Crippen MR) is 225 cm³/mol. The van der Waals surface area contributed by atoms with Gasteiger partial charge in [0.2, 0.25) is 11.3 Å². The Morgan fingerprint density at radius 2 is 0.948 bits per heavy atom. The molecule has 4 aromatic carbocycles. The fourth-order valence-corrected chi connectivity index (χ4v) is 8.70. The summed E-state index contributed by atoms with van der Waals surface area (Å²) in [6, 6.07) is 41.8. The van der Waals surface area contributed by atoms with Gasteiger partial charge in [0.15, 0.2) is 0 Å². The molecular weight excluding hydrogens is 725 g/mol. The van der Waals surface area contributed by atoms with Crippen molar-refractivity contribution in [3.63, 3.8) is 0 Å². The zero-order chi connectivity index (χ0) is 39.3. The molecule has 4 atom stereocenters. The maximum Gasteiger partial charge on any atom is 0.203 e. The van der Waals surface area contributed by atoms with Crippen molar-refractivity contribution >= 4 is 34.0 Å². The Bertz CT molecular complexity index is 2430. The van der Waals surface area contributed by atoms with E-state index < -0.39 is 0 Å². The highest BCUT2D eigenvalue weighted by molar-refractivity contribution is 5.78. The molecular formula is C46H46N10O2. The third-order valence-corrected chi connectivity index (χ3v) is 11.4. The number of anilines is 2. The summed E-state index contributed by atoms with van der Waals surface area (Å²) < 4.78 is 12.7. The number of aryl methyl sites for hydroxylation is 2. The van der Waals surface area contributed by atoms with E-state index in [0.717, 1.165) is 60.7 Å². The lowest BCUT2D eigenvalue weighted by Crippen LogP contribution is -2.10. The van der Waals surface area contributed by atoms with E-state index in [9.17, 15) is 0 Å². The number of H-pyrrole nitrogens is 2. The van der Waals surface area contributed by atoms with Crippen molar-refractivity contribution in [3.8, 4) is 0 Å². The van der Waals surface area contributed by atoms with Crippen molar-refractivity contribution in [2.45, 2.75) is 62.6 Å². The minimum absolute atomic E-state index is 0.103. The second-order valence-electron chi connectivity index (χ2n) is 15.0. The van der Waals surface area contributed by atoms with Crippen LogP contribution in [0.25, 0.3) is 22.3 Å². The van der Waals surface area contributed by atoms with Crippen LogP contribution in [0.1, 0.15) is 94.2 Å². The Morgan fingerprint density at radius 1 is 0.534 bits per heavy atom. The van der Waals surface area contributed by atoms with Crippen molar-refractivity contribution in [2.75, 3.05) is 24.7 Å². The molecule has 10 rings (SSSR count). The Morgan fingerprint density at radius 3 is 1.40 bits per heavy atom. The van der Waals surface area contributed by atoms with Crippen LogP contribution in [0, 0.1) is 0 Å². The average Bonchev–Trinajstić information content (AvgIpc) is 4.09. The lowest BCUT2D eigenvalue weighted by molar-refractivity contribution is 0.0505. The largest absolute Gasteiger partial charge is 0.384 e. The first-order chi connectivity index (χ1) is 28.6. The summed E-state index contributed by atoms with van der Waals surface area (Å²) >= 11 is 0. The van der Waals surface area contributed by atoms with E-state index in [1.54, 1.807) is 0 Å². The van der Waals surface area contributed by atoms with Crippen LogP contribution >= 0.6 is 0 Å². The van der Waals surface area contributed by atoms with Gasteiger partial charge in [-0.05, 0) is 95.2 Å². The normalized spacial score (nSPS) is 16.8. The molecule has 8 aromatic rings. The Kier molecular flexibility index (Phi) is 10.8. The number of rotatable bonds is 12. The molecule has 2 aliphatic rings. The Labute approximate surface area is 336 Å². The number of hydrogen-bond acceptors (Lipinski definition) is 10. The van der Waals surface area contributed by atoms with Gasteiger partial charge in [-0.15, -0.1) is 10.2 Å². The first-order valence-corrected chi connectivity index (χ1v) is 20.0. The van der Waals surface area contributed by atoms with Gasteiger partial charge in [0.05, 0.1) is 12.2 Å². The molecule has 4 unspecified atom stereocenters. The molecule has 0 aliphatic heterocycles. The van der Waals surface area contributed by atoms with Crippen molar-refractivity contribution < 1.29 is 9.47 Å². The van der Waals surface area contributed by atoms with E-state index in [1.807, 2.05) is 24.3 Å². The highest BCUT2D eigenvalue weighted by atomic mass is 16.5. The lowest BCUT2D eigenvalue weighted by Gasteiger charge is -2.20. The van der Waals surface area contributed by atoms with Gasteiger partial charge in [0.1, 0.15) is 22.7 Å². The molecule has 0 fully saturated rings. The summed E-state index contributed by atoms with van der Waals surface area (Å²) in [6.07, 6.45) is 6.28. The summed E-state index contributed by atoms with van der Waals surface area (Å²) in [5.41, 5.74) is 24.7. The number of nitrogens with one attached hydrogen (secondary N) is 2. The number of ether oxygens (including phenoxy) is 2. The molecule has 0 spiro atoms. The minimum atomic E-state index is 0.103. The van der Waals surface area contributed by atoms with Crippen molar-refractivity contribution in [2.24, 2.45) is 0 Å². The van der Waals surface area contributed by atoms with Crippen LogP contribution in [0.15, 0.2) is 121 Å². The van der Waals surface area contributed by atoms with Gasteiger partial charge in [-0.25, -0.2) is 9.97 Å². The molecule has 0 bridgehead atoms. The summed E-state index contributed by atoms with van der Waals surface area (Å²) in [5, 5.41) is 22.3. The first kappa shape index (κ1) is 37.1. The van der Waals surface area contributed by atoms with E-state index in [4.69, 9.17) is 20.9 Å². The highest BCUT2D eigenvalue weighted by Crippen LogP contribution is 2.38. The molecule has 0 radical (unpaired) electrons. The van der Waals surface area contributed by atoms with Gasteiger partial charge in [-0.1, -0.05) is 109 Å². The fourth-order valence-electron chi connectivity index (χ4n) is 8.70. The van der Waals surface area contributed by atoms with Crippen LogP contribution in [0.3, 0.4) is 0 Å². The molecule has 0 amide bonds. The minimum Gasteiger partial charge on any atom is -0.384 e. The molecule has 292 valence electrons. The molecule has 58 heavy (non-hydrogen) atoms. The summed E-state index contributed by atoms with van der Waals surface area (Å²) in [6.45, 7) is 1.31. The monoisotopic (exact) mass is 770 g/mol. The number of hydrogen-bond donors (Lipinski definition) is 4. The second kappa shape index (κ2) is 16.9. The average molecular weight is 771 g/mol. The molecule has 4 heterocycles. The molecule has 2 aliphatic carbocycles. The van der Waals surface area contributed by atoms with Gasteiger partial charge >= 0.3 is 0 Å². The van der Waals surface area contributed by atoms with E-state index >= 15 is 0 Å². The van der Waals surface area contributed by atoms with Crippen molar-refractivity contribution in [1.29, 1.82) is 0 Å². The first-order valence-electron chi connectivity index (χ1n) is 20.0. The molecule has 12 nitrogen and oxygen atoms in total. The van der Waals surface area contributed by atoms with Gasteiger partial charge < -0.3 is 20.9 Å². The smallest absolute Gasteiger partial charge is 0.203 e. The second-order valence-corrected chi connectivity index (χ2v) is 15.0. The van der Waals surface area contributed by atoms with Crippen LogP contribution < -0.4 is 11.5 Å². The van der Waals surface area contributed by atoms with Crippen LogP contribution in [0.4, 0.5) is 11.6 Å². The number of aromatic nitrogens is 8. The maximum absolute atomic E-state index is 6.34. The summed E-state index contributed by atoms with van der Waals surface area (Å²) in [4.78, 5) is 8.56. The SMILES string of the molecule is Nc1cc(C(CCOC2CCc3ccccc32)c2ccccc2)c2n[nH]nc2n1.Nc1cc(C(CCOC2CCc3ccccc32)c2ccccc2)c2n[nH]nc2n1. The van der Waals surface area contributed by atoms with E-state index in [2.05, 4.69) is 138 Å². The molecule has 12 heteroatoms. The molecule has 0 saturated heterocycles. The zero-order valence-corrected chi connectivity index (χ0v) is 32.2. The number of pyridine rings is 2. The van der Waals surface area contributed by atoms with Gasteiger partial charge in [0, 0.05) is 25.0 Å². The van der Waals surface area contributed by atoms with Crippen LogP contribution in [0.2, 0.25) is 0 Å². The predicted octanol–water partition coefficient (Wildman–Crippen LogP) is 8.32. The third-order valence-electron chi connectivity index (χ3n) is 11.4. The maximum atomic E-state index is 6.34. The molecule has 4 aromatic heterocycles. The molecule has 6 N–H and O–H groups in total. The van der Waals surface area contributed by atoms with Gasteiger partial charge in [0.25, 0.3) is 0 Å². The topological polar surface area (TPSA) is 179 Å². The van der Waals surface area contributed by atoms with Crippen LogP contribution in [-0.4, -0.2) is 54.0 Å². The van der Waals surface area contributed by atoms with E-state index in [0.29, 0.717) is 36.1 Å². The van der Waals surface area contributed by atoms with Crippen molar-refractivity contribution in [3.05, 3.63) is 166 Å². The standard InChI is InChI=1S/2C23H23N5O/c2*24-21-14-19(22-23(25-21)27-28-26-22)17(15-6-2-1-3-7-15)12-13-29-20-11-10-16-8-4-5-9-18(16)20/h2*1-9,14,17,20H,10-13H2,(H3,24,25,26,27,28). The summed E-state index contributed by atoms with van der Waals surface area (Å²) in [7, 11) is 0. The quantitative estimate of drug-likeness (QED) is 0.0944. The number of nitrogens with zero attached hydrogens (tertiary/aromatic N) is 6. The van der Waals surface area contributed by atoms with Gasteiger partial charge in [-0.3, -0.25) is 0 Å². The highest BCUT2D eigenvalue weighted by Gasteiger charge is 2.26.